The van der Waals surface area contributed by atoms with Crippen LogP contribution in [0.15, 0.2) is 181 Å². The summed E-state index contributed by atoms with van der Waals surface area (Å²) in [5.74, 6) is 0.604. The van der Waals surface area contributed by atoms with E-state index in [9.17, 15) is 4.79 Å². The first-order chi connectivity index (χ1) is 25.0. The molecule has 244 valence electrons. The fraction of sp³-hybridized carbons (Fsp3) is 0.0638. The fourth-order valence-corrected chi connectivity index (χ4v) is 7.61. The molecule has 9 rings (SSSR count). The minimum atomic E-state index is -0.127. The lowest BCUT2D eigenvalue weighted by Gasteiger charge is -2.28. The average Bonchev–Trinajstić information content (AvgIpc) is 3.41. The Hall–Kier alpha value is -6.52. The molecule has 7 aromatic carbocycles. The molecule has 0 amide bonds. The Kier molecular flexibility index (Phi) is 7.25. The normalized spacial score (nSPS) is 12.7. The summed E-state index contributed by atoms with van der Waals surface area (Å²) in [6.07, 6.45) is 0. The third-order valence-electron chi connectivity index (χ3n) is 10.2. The predicted octanol–water partition coefficient (Wildman–Crippen LogP) is 11.5. The van der Waals surface area contributed by atoms with Crippen molar-refractivity contribution in [2.24, 2.45) is 0 Å². The molecule has 4 nitrogen and oxygen atoms in total. The highest BCUT2D eigenvalue weighted by atomic mass is 16.1. The van der Waals surface area contributed by atoms with Crippen molar-refractivity contribution >= 4 is 28.0 Å². The molecule has 1 aliphatic rings. The van der Waals surface area contributed by atoms with Crippen molar-refractivity contribution in [1.82, 2.24) is 9.55 Å². The Morgan fingerprint density at radius 2 is 1.06 bits per heavy atom. The summed E-state index contributed by atoms with van der Waals surface area (Å²) in [5, 5.41) is 0.591. The second-order valence-corrected chi connectivity index (χ2v) is 13.6. The van der Waals surface area contributed by atoms with Gasteiger partial charge in [-0.3, -0.25) is 9.36 Å². The molecular formula is C47H35N3O. The van der Waals surface area contributed by atoms with Crippen LogP contribution >= 0.6 is 0 Å². The Balaban J connectivity index is 1.18. The monoisotopic (exact) mass is 657 g/mol. The molecule has 51 heavy (non-hydrogen) atoms. The molecule has 0 unspecified atom stereocenters. The van der Waals surface area contributed by atoms with Crippen LogP contribution < -0.4 is 10.5 Å². The lowest BCUT2D eigenvalue weighted by Crippen LogP contribution is -2.22. The van der Waals surface area contributed by atoms with Crippen LogP contribution in [0.25, 0.3) is 50.2 Å². The standard InChI is InChI=1S/C47H35N3O/c1-47(2)42-19-11-9-17-39(42)40-30-29-38(31-43(40)47)49(36-25-21-33(22-26-36)32-13-5-3-6-14-32)37-27-23-34(24-28-37)45-48-44-20-12-10-18-41(44)46(51)50(45)35-15-7-4-8-16-35/h3-31H,1-2H3. The van der Waals surface area contributed by atoms with E-state index in [2.05, 4.69) is 134 Å². The Labute approximate surface area is 297 Å². The summed E-state index contributed by atoms with van der Waals surface area (Å²) in [4.78, 5) is 21.3. The molecule has 1 heterocycles. The number of fused-ring (bicyclic) bond motifs is 4. The second-order valence-electron chi connectivity index (χ2n) is 13.6. The third kappa shape index (κ3) is 5.15. The number of para-hydroxylation sites is 2. The Bertz CT molecular complexity index is 2610. The first-order valence-electron chi connectivity index (χ1n) is 17.3. The van der Waals surface area contributed by atoms with Crippen LogP contribution in [0.5, 0.6) is 0 Å². The quantitative estimate of drug-likeness (QED) is 0.179. The highest BCUT2D eigenvalue weighted by molar-refractivity contribution is 5.87. The lowest BCUT2D eigenvalue weighted by atomic mass is 9.82. The highest BCUT2D eigenvalue weighted by Gasteiger charge is 2.35. The molecule has 0 spiro atoms. The minimum Gasteiger partial charge on any atom is -0.310 e. The maximum absolute atomic E-state index is 13.9. The number of hydrogen-bond acceptors (Lipinski definition) is 3. The minimum absolute atomic E-state index is 0.0900. The van der Waals surface area contributed by atoms with E-state index in [0.717, 1.165) is 28.3 Å². The van der Waals surface area contributed by atoms with Crippen LogP contribution in [-0.4, -0.2) is 9.55 Å². The first kappa shape index (κ1) is 30.5. The number of aromatic nitrogens is 2. The molecule has 0 bridgehead atoms. The van der Waals surface area contributed by atoms with Crippen molar-refractivity contribution in [2.75, 3.05) is 4.90 Å². The molecule has 4 heteroatoms. The van der Waals surface area contributed by atoms with Gasteiger partial charge in [-0.25, -0.2) is 4.98 Å². The Morgan fingerprint density at radius 1 is 0.510 bits per heavy atom. The van der Waals surface area contributed by atoms with Crippen LogP contribution in [-0.2, 0) is 5.41 Å². The predicted molar refractivity (Wildman–Crippen MR) is 210 cm³/mol. The van der Waals surface area contributed by atoms with E-state index >= 15 is 0 Å². The molecule has 1 aromatic heterocycles. The van der Waals surface area contributed by atoms with Crippen molar-refractivity contribution in [3.63, 3.8) is 0 Å². The zero-order chi connectivity index (χ0) is 34.5. The van der Waals surface area contributed by atoms with Crippen LogP contribution in [0.2, 0.25) is 0 Å². The van der Waals surface area contributed by atoms with E-state index in [4.69, 9.17) is 4.98 Å². The number of hydrogen-bond donors (Lipinski definition) is 0. The van der Waals surface area contributed by atoms with Crippen molar-refractivity contribution in [1.29, 1.82) is 0 Å². The average molecular weight is 658 g/mol. The largest absolute Gasteiger partial charge is 0.310 e. The number of rotatable bonds is 6. The third-order valence-corrected chi connectivity index (χ3v) is 10.2. The van der Waals surface area contributed by atoms with Gasteiger partial charge in [0.05, 0.1) is 16.6 Å². The van der Waals surface area contributed by atoms with Crippen LogP contribution in [0.4, 0.5) is 17.1 Å². The van der Waals surface area contributed by atoms with Crippen LogP contribution in [0, 0.1) is 0 Å². The van der Waals surface area contributed by atoms with E-state index in [1.54, 1.807) is 4.57 Å². The molecule has 0 N–H and O–H groups in total. The molecule has 0 aliphatic heterocycles. The number of benzene rings is 7. The fourth-order valence-electron chi connectivity index (χ4n) is 7.61. The van der Waals surface area contributed by atoms with Gasteiger partial charge in [0, 0.05) is 28.0 Å². The maximum atomic E-state index is 13.9. The van der Waals surface area contributed by atoms with E-state index < -0.39 is 0 Å². The van der Waals surface area contributed by atoms with Gasteiger partial charge < -0.3 is 4.90 Å². The van der Waals surface area contributed by atoms with Gasteiger partial charge in [-0.1, -0.05) is 117 Å². The molecule has 8 aromatic rings. The summed E-state index contributed by atoms with van der Waals surface area (Å²) in [6.45, 7) is 4.64. The lowest BCUT2D eigenvalue weighted by molar-refractivity contribution is 0.660. The van der Waals surface area contributed by atoms with E-state index in [1.165, 1.54) is 33.4 Å². The highest BCUT2D eigenvalue weighted by Crippen LogP contribution is 2.50. The van der Waals surface area contributed by atoms with E-state index in [1.807, 2.05) is 60.7 Å². The van der Waals surface area contributed by atoms with Crippen LogP contribution in [0.3, 0.4) is 0 Å². The summed E-state index contributed by atoms with van der Waals surface area (Å²) in [5.41, 5.74) is 12.9. The topological polar surface area (TPSA) is 38.1 Å². The van der Waals surface area contributed by atoms with Gasteiger partial charge in [0.25, 0.3) is 5.56 Å². The van der Waals surface area contributed by atoms with Gasteiger partial charge in [-0.05, 0) is 106 Å². The van der Waals surface area contributed by atoms with Gasteiger partial charge in [-0.2, -0.15) is 0 Å². The summed E-state index contributed by atoms with van der Waals surface area (Å²) in [7, 11) is 0. The zero-order valence-electron chi connectivity index (χ0n) is 28.5. The summed E-state index contributed by atoms with van der Waals surface area (Å²) >= 11 is 0. The molecule has 0 fully saturated rings. The summed E-state index contributed by atoms with van der Waals surface area (Å²) < 4.78 is 1.72. The zero-order valence-corrected chi connectivity index (χ0v) is 28.5. The van der Waals surface area contributed by atoms with Crippen molar-refractivity contribution < 1.29 is 0 Å². The van der Waals surface area contributed by atoms with E-state index in [-0.39, 0.29) is 11.0 Å². The first-order valence-corrected chi connectivity index (χ1v) is 17.3. The van der Waals surface area contributed by atoms with Gasteiger partial charge in [0.15, 0.2) is 0 Å². The molecule has 0 saturated carbocycles. The number of anilines is 3. The molecule has 0 atom stereocenters. The van der Waals surface area contributed by atoms with Crippen molar-refractivity contribution in [3.05, 3.63) is 197 Å². The smallest absolute Gasteiger partial charge is 0.266 e. The Morgan fingerprint density at radius 3 is 1.78 bits per heavy atom. The second kappa shape index (κ2) is 12.1. The van der Waals surface area contributed by atoms with E-state index in [0.29, 0.717) is 16.7 Å². The maximum Gasteiger partial charge on any atom is 0.266 e. The SMILES string of the molecule is CC1(C)c2ccccc2-c2ccc(N(c3ccc(-c4ccccc4)cc3)c3ccc(-c4nc5ccccc5c(=O)n4-c4ccccc4)cc3)cc21. The molecule has 0 saturated heterocycles. The van der Waals surface area contributed by atoms with Crippen molar-refractivity contribution in [2.45, 2.75) is 19.3 Å². The molecule has 1 aliphatic carbocycles. The van der Waals surface area contributed by atoms with Gasteiger partial charge in [0.2, 0.25) is 0 Å². The summed E-state index contributed by atoms with van der Waals surface area (Å²) in [6, 6.07) is 60.6. The van der Waals surface area contributed by atoms with Gasteiger partial charge in [-0.15, -0.1) is 0 Å². The van der Waals surface area contributed by atoms with Crippen molar-refractivity contribution in [3.8, 4) is 39.3 Å². The molecular weight excluding hydrogens is 623 g/mol. The van der Waals surface area contributed by atoms with Gasteiger partial charge >= 0.3 is 0 Å². The molecule has 0 radical (unpaired) electrons. The van der Waals surface area contributed by atoms with Crippen LogP contribution in [0.1, 0.15) is 25.0 Å². The van der Waals surface area contributed by atoms with Gasteiger partial charge in [0.1, 0.15) is 5.82 Å². The number of nitrogens with zero attached hydrogens (tertiary/aromatic N) is 3.